The largest absolute Gasteiger partial charge is 0.378 e. The van der Waals surface area contributed by atoms with Gasteiger partial charge in [-0.3, -0.25) is 14.8 Å². The molecule has 0 unspecified atom stereocenters. The monoisotopic (exact) mass is 338 g/mol. The molecule has 0 aliphatic carbocycles. The number of thiophene rings is 1. The van der Waals surface area contributed by atoms with E-state index in [1.165, 1.54) is 0 Å². The van der Waals surface area contributed by atoms with Gasteiger partial charge >= 0.3 is 0 Å². The van der Waals surface area contributed by atoms with Gasteiger partial charge in [0.25, 0.3) is 5.91 Å². The van der Waals surface area contributed by atoms with E-state index < -0.39 is 0 Å². The highest BCUT2D eigenvalue weighted by Crippen LogP contribution is 2.24. The predicted molar refractivity (Wildman–Crippen MR) is 97.3 cm³/mol. The first-order valence-corrected chi connectivity index (χ1v) is 8.42. The summed E-state index contributed by atoms with van der Waals surface area (Å²) in [5.74, 6) is -0.124. The lowest BCUT2D eigenvalue weighted by Gasteiger charge is -2.13. The van der Waals surface area contributed by atoms with Crippen LogP contribution in [0.4, 0.5) is 5.69 Å². The second-order valence-corrected chi connectivity index (χ2v) is 6.40. The topological polar surface area (TPSA) is 58.1 Å². The van der Waals surface area contributed by atoms with Crippen LogP contribution in [0.1, 0.15) is 16.1 Å². The van der Waals surface area contributed by atoms with Crippen molar-refractivity contribution < 1.29 is 4.79 Å². The van der Waals surface area contributed by atoms with Gasteiger partial charge in [-0.2, -0.15) is 0 Å². The van der Waals surface area contributed by atoms with Crippen molar-refractivity contribution in [2.45, 2.75) is 6.54 Å². The molecular formula is C18H18N4OS. The second-order valence-electron chi connectivity index (χ2n) is 5.46. The lowest BCUT2D eigenvalue weighted by molar-refractivity contribution is 0.0950. The number of anilines is 1. The minimum absolute atomic E-state index is 0.124. The summed E-state index contributed by atoms with van der Waals surface area (Å²) in [5.41, 5.74) is 3.19. The van der Waals surface area contributed by atoms with Crippen LogP contribution in [-0.2, 0) is 6.54 Å². The van der Waals surface area contributed by atoms with Crippen LogP contribution >= 0.6 is 11.3 Å². The Bertz CT molecular complexity index is 831. The molecule has 0 atom stereocenters. The minimum atomic E-state index is -0.124. The summed E-state index contributed by atoms with van der Waals surface area (Å²) in [5, 5.41) is 4.93. The molecule has 5 nitrogen and oxygen atoms in total. The van der Waals surface area contributed by atoms with E-state index in [1.54, 1.807) is 29.8 Å². The van der Waals surface area contributed by atoms with Crippen molar-refractivity contribution >= 4 is 22.9 Å². The fraction of sp³-hybridized carbons (Fsp3) is 0.167. The first-order valence-electron chi connectivity index (χ1n) is 7.54. The fourth-order valence-electron chi connectivity index (χ4n) is 2.31. The first kappa shape index (κ1) is 16.1. The van der Waals surface area contributed by atoms with Crippen molar-refractivity contribution in [2.24, 2.45) is 0 Å². The van der Waals surface area contributed by atoms with E-state index >= 15 is 0 Å². The van der Waals surface area contributed by atoms with Crippen LogP contribution in [-0.4, -0.2) is 30.0 Å². The molecule has 0 radical (unpaired) electrons. The number of hydrogen-bond donors (Lipinski definition) is 1. The number of carbonyl (C=O) groups is 1. The van der Waals surface area contributed by atoms with Gasteiger partial charge in [0.15, 0.2) is 0 Å². The molecule has 6 heteroatoms. The Morgan fingerprint density at radius 2 is 2.00 bits per heavy atom. The third-order valence-electron chi connectivity index (χ3n) is 3.57. The Labute approximate surface area is 145 Å². The second kappa shape index (κ2) is 7.23. The Morgan fingerprint density at radius 1 is 1.17 bits per heavy atom. The molecule has 0 saturated heterocycles. The number of rotatable bonds is 5. The zero-order chi connectivity index (χ0) is 16.9. The first-order chi connectivity index (χ1) is 11.6. The number of benzene rings is 1. The number of carbonyl (C=O) groups excluding carboxylic acids is 1. The zero-order valence-corrected chi connectivity index (χ0v) is 14.4. The van der Waals surface area contributed by atoms with Gasteiger partial charge in [-0.1, -0.05) is 12.1 Å². The molecule has 2 aromatic heterocycles. The van der Waals surface area contributed by atoms with Crippen LogP contribution in [0.2, 0.25) is 0 Å². The molecule has 24 heavy (non-hydrogen) atoms. The normalized spacial score (nSPS) is 10.4. The Hall–Kier alpha value is -2.73. The van der Waals surface area contributed by atoms with Crippen molar-refractivity contribution in [3.8, 4) is 10.6 Å². The summed E-state index contributed by atoms with van der Waals surface area (Å²) in [6.45, 7) is 0.339. The van der Waals surface area contributed by atoms with E-state index in [0.717, 1.165) is 22.0 Å². The maximum atomic E-state index is 12.4. The molecule has 0 aliphatic heterocycles. The number of nitrogens with one attached hydrogen (secondary N) is 1. The summed E-state index contributed by atoms with van der Waals surface area (Å²) >= 11 is 1.61. The van der Waals surface area contributed by atoms with Gasteiger partial charge in [0.05, 0.1) is 17.1 Å². The van der Waals surface area contributed by atoms with Crippen LogP contribution in [0, 0.1) is 0 Å². The SMILES string of the molecule is CN(C)c1cccc(C(=O)NCc2nccnc2-c2cccs2)c1. The number of nitrogens with zero attached hydrogens (tertiary/aromatic N) is 3. The highest BCUT2D eigenvalue weighted by molar-refractivity contribution is 7.13. The molecule has 122 valence electrons. The van der Waals surface area contributed by atoms with E-state index in [9.17, 15) is 4.79 Å². The highest BCUT2D eigenvalue weighted by atomic mass is 32.1. The maximum Gasteiger partial charge on any atom is 0.251 e. The third-order valence-corrected chi connectivity index (χ3v) is 4.45. The van der Waals surface area contributed by atoms with E-state index in [0.29, 0.717) is 12.1 Å². The van der Waals surface area contributed by atoms with Crippen molar-refractivity contribution in [1.82, 2.24) is 15.3 Å². The summed E-state index contributed by atoms with van der Waals surface area (Å²) in [6, 6.07) is 11.5. The van der Waals surface area contributed by atoms with Gasteiger partial charge in [-0.15, -0.1) is 11.3 Å². The minimum Gasteiger partial charge on any atom is -0.378 e. The molecule has 0 fully saturated rings. The van der Waals surface area contributed by atoms with Crippen LogP contribution in [0.3, 0.4) is 0 Å². The van der Waals surface area contributed by atoms with Gasteiger partial charge < -0.3 is 10.2 Å². The number of hydrogen-bond acceptors (Lipinski definition) is 5. The smallest absolute Gasteiger partial charge is 0.251 e. The van der Waals surface area contributed by atoms with Crippen LogP contribution < -0.4 is 10.2 Å². The quantitative estimate of drug-likeness (QED) is 0.776. The molecular weight excluding hydrogens is 320 g/mol. The lowest BCUT2D eigenvalue weighted by atomic mass is 10.1. The molecule has 0 spiro atoms. The average Bonchev–Trinajstić information content (AvgIpc) is 3.14. The fourth-order valence-corrected chi connectivity index (χ4v) is 3.05. The third kappa shape index (κ3) is 3.60. The molecule has 1 amide bonds. The van der Waals surface area contributed by atoms with Gasteiger partial charge in [-0.25, -0.2) is 0 Å². The molecule has 1 N–H and O–H groups in total. The van der Waals surface area contributed by atoms with Crippen LogP contribution in [0.15, 0.2) is 54.2 Å². The van der Waals surface area contributed by atoms with E-state index in [1.807, 2.05) is 54.7 Å². The molecule has 0 bridgehead atoms. The summed E-state index contributed by atoms with van der Waals surface area (Å²) in [4.78, 5) is 24.2. The Morgan fingerprint density at radius 3 is 2.75 bits per heavy atom. The Kier molecular flexibility index (Phi) is 4.86. The number of aromatic nitrogens is 2. The van der Waals surface area contributed by atoms with Crippen molar-refractivity contribution in [1.29, 1.82) is 0 Å². The predicted octanol–water partition coefficient (Wildman–Crippen LogP) is 3.20. The van der Waals surface area contributed by atoms with Crippen molar-refractivity contribution in [3.05, 3.63) is 65.4 Å². The average molecular weight is 338 g/mol. The van der Waals surface area contributed by atoms with Crippen LogP contribution in [0.25, 0.3) is 10.6 Å². The number of amides is 1. The van der Waals surface area contributed by atoms with Gasteiger partial charge in [-0.05, 0) is 29.6 Å². The standard InChI is InChI=1S/C18H18N4OS/c1-22(2)14-6-3-5-13(11-14)18(23)21-12-15-17(20-9-8-19-15)16-7-4-10-24-16/h3-11H,12H2,1-2H3,(H,21,23). The van der Waals surface area contributed by atoms with Crippen molar-refractivity contribution in [3.63, 3.8) is 0 Å². The van der Waals surface area contributed by atoms with E-state index in [2.05, 4.69) is 15.3 Å². The zero-order valence-electron chi connectivity index (χ0n) is 13.6. The van der Waals surface area contributed by atoms with Crippen molar-refractivity contribution in [2.75, 3.05) is 19.0 Å². The highest BCUT2D eigenvalue weighted by Gasteiger charge is 2.11. The molecule has 0 aliphatic rings. The molecule has 1 aromatic carbocycles. The van der Waals surface area contributed by atoms with E-state index in [-0.39, 0.29) is 5.91 Å². The Balaban J connectivity index is 1.75. The molecule has 2 heterocycles. The molecule has 3 aromatic rings. The maximum absolute atomic E-state index is 12.4. The molecule has 3 rings (SSSR count). The lowest BCUT2D eigenvalue weighted by Crippen LogP contribution is -2.24. The van der Waals surface area contributed by atoms with Crippen LogP contribution in [0.5, 0.6) is 0 Å². The summed E-state index contributed by atoms with van der Waals surface area (Å²) in [7, 11) is 3.90. The summed E-state index contributed by atoms with van der Waals surface area (Å²) in [6.07, 6.45) is 3.31. The van der Waals surface area contributed by atoms with Gasteiger partial charge in [0.2, 0.25) is 0 Å². The molecule has 0 saturated carbocycles. The summed E-state index contributed by atoms with van der Waals surface area (Å²) < 4.78 is 0. The van der Waals surface area contributed by atoms with Gasteiger partial charge in [0, 0.05) is 37.7 Å². The van der Waals surface area contributed by atoms with Gasteiger partial charge in [0.1, 0.15) is 5.69 Å². The van der Waals surface area contributed by atoms with E-state index in [4.69, 9.17) is 0 Å².